The number of benzene rings is 2. The zero-order chi connectivity index (χ0) is 25.5. The highest BCUT2D eigenvalue weighted by molar-refractivity contribution is 9.10. The van der Waals surface area contributed by atoms with Crippen LogP contribution in [0.15, 0.2) is 45.8 Å². The zero-order valence-electron chi connectivity index (χ0n) is 19.3. The van der Waals surface area contributed by atoms with Gasteiger partial charge in [0.1, 0.15) is 6.54 Å². The zero-order valence-corrected chi connectivity index (χ0v) is 21.7. The molecule has 11 heteroatoms. The van der Waals surface area contributed by atoms with Crippen molar-refractivity contribution in [2.75, 3.05) is 32.7 Å². The topological polar surface area (TPSA) is 111 Å². The number of nitrogens with one attached hydrogen (secondary N) is 1. The Morgan fingerprint density at radius 3 is 2.46 bits per heavy atom. The molecule has 1 heterocycles. The third-order valence-electron chi connectivity index (χ3n) is 4.96. The average molecular weight is 563 g/mol. The summed E-state index contributed by atoms with van der Waals surface area (Å²) in [4.78, 5) is 50.1. The molecule has 0 aliphatic carbocycles. The number of methoxy groups -OCH3 is 2. The molecule has 1 fully saturated rings. The van der Waals surface area contributed by atoms with Gasteiger partial charge in [0.25, 0.3) is 11.1 Å². The number of halogens is 1. The van der Waals surface area contributed by atoms with Crippen LogP contribution in [0.4, 0.5) is 10.5 Å². The van der Waals surface area contributed by atoms with E-state index >= 15 is 0 Å². The van der Waals surface area contributed by atoms with Gasteiger partial charge < -0.3 is 19.5 Å². The lowest BCUT2D eigenvalue weighted by Gasteiger charge is -2.13. The average Bonchev–Trinajstić information content (AvgIpc) is 3.11. The molecule has 0 bridgehead atoms. The lowest BCUT2D eigenvalue weighted by Crippen LogP contribution is -2.36. The minimum absolute atomic E-state index is 0.154. The van der Waals surface area contributed by atoms with Crippen LogP contribution in [-0.2, 0) is 25.5 Å². The fourth-order valence-corrected chi connectivity index (χ4v) is 4.34. The van der Waals surface area contributed by atoms with Gasteiger partial charge in [-0.3, -0.25) is 19.3 Å². The molecule has 3 amide bonds. The Hall–Kier alpha value is -3.31. The number of amides is 3. The van der Waals surface area contributed by atoms with E-state index < -0.39 is 29.6 Å². The van der Waals surface area contributed by atoms with E-state index in [-0.39, 0.29) is 11.5 Å². The molecule has 1 saturated heterocycles. The quantitative estimate of drug-likeness (QED) is 0.356. The van der Waals surface area contributed by atoms with Crippen LogP contribution in [0.2, 0.25) is 0 Å². The number of carbonyl (C=O) groups is 4. The number of carbonyl (C=O) groups excluding carboxylic acids is 4. The monoisotopic (exact) mass is 562 g/mol. The highest BCUT2D eigenvalue weighted by Gasteiger charge is 2.36. The van der Waals surface area contributed by atoms with Gasteiger partial charge in [0, 0.05) is 10.2 Å². The van der Waals surface area contributed by atoms with Crippen molar-refractivity contribution in [3.63, 3.8) is 0 Å². The predicted octanol–water partition coefficient (Wildman–Crippen LogP) is 4.25. The summed E-state index contributed by atoms with van der Waals surface area (Å²) in [5.74, 6) is -1.00. The summed E-state index contributed by atoms with van der Waals surface area (Å²) in [7, 11) is 2.68. The Balaban J connectivity index is 1.72. The Bertz CT molecular complexity index is 1180. The molecular weight excluding hydrogens is 540 g/mol. The van der Waals surface area contributed by atoms with Crippen molar-refractivity contribution in [2.24, 2.45) is 0 Å². The van der Waals surface area contributed by atoms with Crippen molar-refractivity contribution >= 4 is 62.5 Å². The lowest BCUT2D eigenvalue weighted by molar-refractivity contribution is -0.143. The summed E-state index contributed by atoms with van der Waals surface area (Å²) < 4.78 is 15.8. The summed E-state index contributed by atoms with van der Waals surface area (Å²) in [5, 5.41) is 2.15. The SMILES string of the molecule is CCc1ccc(NC(=O)CN2C(=O)S/C(=C/c3cc(OC)c(OCC(=O)OC)cc3Br)C2=O)cc1. The number of hydrogen-bond acceptors (Lipinski definition) is 8. The third-order valence-corrected chi connectivity index (χ3v) is 6.56. The number of nitrogens with zero attached hydrogens (tertiary/aromatic N) is 1. The first kappa shape index (κ1) is 26.3. The smallest absolute Gasteiger partial charge is 0.343 e. The number of rotatable bonds is 9. The van der Waals surface area contributed by atoms with Crippen LogP contribution in [0.25, 0.3) is 6.08 Å². The summed E-state index contributed by atoms with van der Waals surface area (Å²) in [5.41, 5.74) is 2.25. The summed E-state index contributed by atoms with van der Waals surface area (Å²) in [6, 6.07) is 10.5. The van der Waals surface area contributed by atoms with Gasteiger partial charge in [-0.2, -0.15) is 0 Å². The van der Waals surface area contributed by atoms with Crippen LogP contribution in [0, 0.1) is 0 Å². The highest BCUT2D eigenvalue weighted by atomic mass is 79.9. The molecule has 3 rings (SSSR count). The van der Waals surface area contributed by atoms with Crippen molar-refractivity contribution in [3.05, 3.63) is 56.9 Å². The highest BCUT2D eigenvalue weighted by Crippen LogP contribution is 2.38. The Morgan fingerprint density at radius 2 is 1.83 bits per heavy atom. The van der Waals surface area contributed by atoms with E-state index in [9.17, 15) is 19.2 Å². The van der Waals surface area contributed by atoms with Gasteiger partial charge in [0.2, 0.25) is 5.91 Å². The molecule has 184 valence electrons. The Kier molecular flexibility index (Phi) is 8.94. The molecule has 2 aromatic rings. The normalized spacial score (nSPS) is 14.3. The molecule has 9 nitrogen and oxygen atoms in total. The van der Waals surface area contributed by atoms with Crippen molar-refractivity contribution in [2.45, 2.75) is 13.3 Å². The molecule has 0 aromatic heterocycles. The van der Waals surface area contributed by atoms with E-state index in [4.69, 9.17) is 9.47 Å². The molecule has 0 unspecified atom stereocenters. The van der Waals surface area contributed by atoms with Crippen LogP contribution in [-0.4, -0.2) is 55.3 Å². The number of aryl methyl sites for hydroxylation is 1. The number of ether oxygens (including phenoxy) is 3. The fraction of sp³-hybridized carbons (Fsp3) is 0.250. The van der Waals surface area contributed by atoms with Crippen molar-refractivity contribution in [1.82, 2.24) is 4.90 Å². The largest absolute Gasteiger partial charge is 0.493 e. The maximum atomic E-state index is 12.8. The summed E-state index contributed by atoms with van der Waals surface area (Å²) >= 11 is 4.14. The number of imide groups is 1. The molecule has 1 aliphatic heterocycles. The molecule has 0 spiro atoms. The summed E-state index contributed by atoms with van der Waals surface area (Å²) in [6.07, 6.45) is 2.39. The minimum Gasteiger partial charge on any atom is -0.493 e. The molecule has 0 atom stereocenters. The molecular formula is C24H23BrN2O7S. The van der Waals surface area contributed by atoms with Gasteiger partial charge in [-0.05, 0) is 59.7 Å². The van der Waals surface area contributed by atoms with Crippen LogP contribution in [0.5, 0.6) is 11.5 Å². The second-order valence-electron chi connectivity index (χ2n) is 7.26. The Labute approximate surface area is 214 Å². The molecule has 35 heavy (non-hydrogen) atoms. The van der Waals surface area contributed by atoms with E-state index in [1.807, 2.05) is 19.1 Å². The van der Waals surface area contributed by atoms with Gasteiger partial charge in [0.15, 0.2) is 18.1 Å². The number of hydrogen-bond donors (Lipinski definition) is 1. The van der Waals surface area contributed by atoms with E-state index in [0.29, 0.717) is 27.2 Å². The van der Waals surface area contributed by atoms with Gasteiger partial charge in [-0.25, -0.2) is 4.79 Å². The van der Waals surface area contributed by atoms with Gasteiger partial charge in [-0.15, -0.1) is 0 Å². The van der Waals surface area contributed by atoms with Gasteiger partial charge in [-0.1, -0.05) is 35.0 Å². The van der Waals surface area contributed by atoms with Gasteiger partial charge >= 0.3 is 5.97 Å². The first-order valence-electron chi connectivity index (χ1n) is 10.5. The fourth-order valence-electron chi connectivity index (χ4n) is 3.07. The Morgan fingerprint density at radius 1 is 1.11 bits per heavy atom. The number of thioether (sulfide) groups is 1. The van der Waals surface area contributed by atoms with Crippen LogP contribution < -0.4 is 14.8 Å². The second-order valence-corrected chi connectivity index (χ2v) is 9.10. The maximum Gasteiger partial charge on any atom is 0.343 e. The molecule has 1 N–H and O–H groups in total. The van der Waals surface area contributed by atoms with E-state index in [0.717, 1.165) is 28.6 Å². The molecule has 1 aliphatic rings. The minimum atomic E-state index is -0.576. The maximum absolute atomic E-state index is 12.8. The van der Waals surface area contributed by atoms with E-state index in [1.165, 1.54) is 20.3 Å². The van der Waals surface area contributed by atoms with E-state index in [1.54, 1.807) is 24.3 Å². The second kappa shape index (κ2) is 11.9. The molecule has 0 radical (unpaired) electrons. The van der Waals surface area contributed by atoms with Crippen LogP contribution >= 0.6 is 27.7 Å². The molecule has 2 aromatic carbocycles. The van der Waals surface area contributed by atoms with Crippen molar-refractivity contribution in [1.29, 1.82) is 0 Å². The first-order chi connectivity index (χ1) is 16.7. The first-order valence-corrected chi connectivity index (χ1v) is 12.1. The predicted molar refractivity (Wildman–Crippen MR) is 135 cm³/mol. The van der Waals surface area contributed by atoms with E-state index in [2.05, 4.69) is 26.0 Å². The van der Waals surface area contributed by atoms with Crippen LogP contribution in [0.1, 0.15) is 18.1 Å². The summed E-state index contributed by atoms with van der Waals surface area (Å²) in [6.45, 7) is 1.33. The standard InChI is InChI=1S/C24H23BrN2O7S/c1-4-14-5-7-16(8-6-14)26-21(28)12-27-23(30)20(35-24(27)31)10-15-9-18(32-2)19(11-17(15)25)34-13-22(29)33-3/h5-11H,4,12-13H2,1-3H3,(H,26,28)/b20-10+. The third kappa shape index (κ3) is 6.64. The number of esters is 1. The lowest BCUT2D eigenvalue weighted by atomic mass is 10.1. The van der Waals surface area contributed by atoms with Gasteiger partial charge in [0.05, 0.1) is 19.1 Å². The molecule has 0 saturated carbocycles. The van der Waals surface area contributed by atoms with Crippen molar-refractivity contribution in [3.8, 4) is 11.5 Å². The van der Waals surface area contributed by atoms with Crippen LogP contribution in [0.3, 0.4) is 0 Å². The number of anilines is 1. The van der Waals surface area contributed by atoms with Crippen molar-refractivity contribution < 1.29 is 33.4 Å².